The fourth-order valence-electron chi connectivity index (χ4n) is 2.72. The zero-order valence-electron chi connectivity index (χ0n) is 16.0. The molecule has 0 spiro atoms. The molecule has 4 heteroatoms. The molecule has 0 aromatic heterocycles. The van der Waals surface area contributed by atoms with E-state index in [1.165, 1.54) is 5.56 Å². The van der Waals surface area contributed by atoms with Gasteiger partial charge in [-0.25, -0.2) is 0 Å². The Bertz CT molecular complexity index is 783. The molecule has 0 radical (unpaired) electrons. The van der Waals surface area contributed by atoms with Crippen molar-refractivity contribution in [2.24, 2.45) is 0 Å². The lowest BCUT2D eigenvalue weighted by molar-refractivity contribution is -0.146. The molecule has 0 saturated carbocycles. The monoisotopic (exact) mass is 353 g/mol. The number of para-hydroxylation sites is 1. The van der Waals surface area contributed by atoms with Crippen molar-refractivity contribution in [2.75, 3.05) is 11.9 Å². The first-order valence-corrected chi connectivity index (χ1v) is 9.01. The lowest BCUT2D eigenvalue weighted by Crippen LogP contribution is -2.22. The van der Waals surface area contributed by atoms with Gasteiger partial charge in [0.1, 0.15) is 0 Å². The van der Waals surface area contributed by atoms with Crippen molar-refractivity contribution < 1.29 is 14.3 Å². The number of aryl methyl sites for hydroxylation is 2. The minimum Gasteiger partial charge on any atom is -0.455 e. The number of benzene rings is 2. The van der Waals surface area contributed by atoms with Crippen LogP contribution in [0.3, 0.4) is 0 Å². The SMILES string of the molecule is CC[C@@H](C)c1ccccc1NC(=O)COC(=O)Cc1ccc(C)c(C)c1. The highest BCUT2D eigenvalue weighted by atomic mass is 16.5. The van der Waals surface area contributed by atoms with Gasteiger partial charge in [0.2, 0.25) is 0 Å². The van der Waals surface area contributed by atoms with Crippen molar-refractivity contribution in [3.05, 3.63) is 64.7 Å². The third-order valence-electron chi connectivity index (χ3n) is 4.66. The van der Waals surface area contributed by atoms with Crippen LogP contribution in [0, 0.1) is 13.8 Å². The Kier molecular flexibility index (Phi) is 6.96. The van der Waals surface area contributed by atoms with Crippen LogP contribution in [0.5, 0.6) is 0 Å². The first-order valence-electron chi connectivity index (χ1n) is 9.01. The van der Waals surface area contributed by atoms with E-state index in [1.807, 2.05) is 56.3 Å². The van der Waals surface area contributed by atoms with Crippen molar-refractivity contribution in [1.29, 1.82) is 0 Å². The number of hydrogen-bond donors (Lipinski definition) is 1. The van der Waals surface area contributed by atoms with Crippen LogP contribution in [-0.4, -0.2) is 18.5 Å². The van der Waals surface area contributed by atoms with Gasteiger partial charge >= 0.3 is 5.97 Å². The second-order valence-corrected chi connectivity index (χ2v) is 6.70. The summed E-state index contributed by atoms with van der Waals surface area (Å²) in [5, 5.41) is 2.85. The number of anilines is 1. The molecule has 0 saturated heterocycles. The molecule has 2 rings (SSSR count). The molecule has 0 bridgehead atoms. The molecule has 0 heterocycles. The summed E-state index contributed by atoms with van der Waals surface area (Å²) in [6.07, 6.45) is 1.15. The summed E-state index contributed by atoms with van der Waals surface area (Å²) in [5.74, 6) is -0.383. The molecule has 0 aliphatic carbocycles. The zero-order valence-corrected chi connectivity index (χ0v) is 16.0. The van der Waals surface area contributed by atoms with Crippen molar-refractivity contribution in [2.45, 2.75) is 46.5 Å². The van der Waals surface area contributed by atoms with Gasteiger partial charge in [0, 0.05) is 5.69 Å². The van der Waals surface area contributed by atoms with Crippen LogP contribution >= 0.6 is 0 Å². The van der Waals surface area contributed by atoms with E-state index in [0.717, 1.165) is 28.8 Å². The van der Waals surface area contributed by atoms with Gasteiger partial charge in [0.25, 0.3) is 5.91 Å². The summed E-state index contributed by atoms with van der Waals surface area (Å²) in [6.45, 7) is 7.98. The average Bonchev–Trinajstić information content (AvgIpc) is 2.63. The summed E-state index contributed by atoms with van der Waals surface area (Å²) in [6, 6.07) is 13.6. The molecule has 1 amide bonds. The number of esters is 1. The average molecular weight is 353 g/mol. The van der Waals surface area contributed by atoms with E-state index in [4.69, 9.17) is 4.74 Å². The highest BCUT2D eigenvalue weighted by Crippen LogP contribution is 2.26. The Balaban J connectivity index is 1.89. The lowest BCUT2D eigenvalue weighted by Gasteiger charge is -2.15. The Morgan fingerprint density at radius 1 is 1.08 bits per heavy atom. The van der Waals surface area contributed by atoms with E-state index >= 15 is 0 Å². The quantitative estimate of drug-likeness (QED) is 0.744. The van der Waals surface area contributed by atoms with Gasteiger partial charge < -0.3 is 10.1 Å². The van der Waals surface area contributed by atoms with E-state index in [9.17, 15) is 9.59 Å². The maximum atomic E-state index is 12.1. The smallest absolute Gasteiger partial charge is 0.310 e. The number of ether oxygens (including phenoxy) is 1. The molecule has 0 aliphatic rings. The minimum atomic E-state index is -0.404. The van der Waals surface area contributed by atoms with Gasteiger partial charge in [0.05, 0.1) is 6.42 Å². The molecule has 0 fully saturated rings. The maximum absolute atomic E-state index is 12.1. The molecular weight excluding hydrogens is 326 g/mol. The molecule has 0 unspecified atom stereocenters. The molecule has 1 N–H and O–H groups in total. The van der Waals surface area contributed by atoms with Gasteiger partial charge in [0.15, 0.2) is 6.61 Å². The van der Waals surface area contributed by atoms with Gasteiger partial charge in [-0.15, -0.1) is 0 Å². The Morgan fingerprint density at radius 3 is 2.50 bits per heavy atom. The van der Waals surface area contributed by atoms with Crippen molar-refractivity contribution in [3.63, 3.8) is 0 Å². The highest BCUT2D eigenvalue weighted by Gasteiger charge is 2.13. The molecule has 2 aromatic carbocycles. The van der Waals surface area contributed by atoms with Crippen LogP contribution in [0.1, 0.15) is 48.4 Å². The third-order valence-corrected chi connectivity index (χ3v) is 4.66. The van der Waals surface area contributed by atoms with Gasteiger partial charge in [-0.1, -0.05) is 50.2 Å². The Morgan fingerprint density at radius 2 is 1.81 bits per heavy atom. The predicted molar refractivity (Wildman–Crippen MR) is 104 cm³/mol. The van der Waals surface area contributed by atoms with Crippen molar-refractivity contribution >= 4 is 17.6 Å². The predicted octanol–water partition coefficient (Wildman–Crippen LogP) is 4.54. The zero-order chi connectivity index (χ0) is 19.1. The molecule has 2 aromatic rings. The van der Waals surface area contributed by atoms with Crippen molar-refractivity contribution in [1.82, 2.24) is 0 Å². The molecule has 138 valence electrons. The van der Waals surface area contributed by atoms with Crippen molar-refractivity contribution in [3.8, 4) is 0 Å². The van der Waals surface area contributed by atoms with Crippen LogP contribution in [0.4, 0.5) is 5.69 Å². The first-order chi connectivity index (χ1) is 12.4. The van der Waals surface area contributed by atoms with Gasteiger partial charge in [-0.2, -0.15) is 0 Å². The molecule has 1 atom stereocenters. The minimum absolute atomic E-state index is 0.165. The lowest BCUT2D eigenvalue weighted by atomic mass is 9.97. The molecule has 4 nitrogen and oxygen atoms in total. The van der Waals surface area contributed by atoms with Crippen LogP contribution in [0.15, 0.2) is 42.5 Å². The van der Waals surface area contributed by atoms with E-state index in [0.29, 0.717) is 5.92 Å². The summed E-state index contributed by atoms with van der Waals surface area (Å²) < 4.78 is 5.13. The van der Waals surface area contributed by atoms with Crippen LogP contribution in [0.2, 0.25) is 0 Å². The first kappa shape index (κ1) is 19.7. The third kappa shape index (κ3) is 5.45. The summed E-state index contributed by atoms with van der Waals surface area (Å²) >= 11 is 0. The molecular formula is C22H27NO3. The van der Waals surface area contributed by atoms with Crippen LogP contribution < -0.4 is 5.32 Å². The molecule has 26 heavy (non-hydrogen) atoms. The highest BCUT2D eigenvalue weighted by molar-refractivity contribution is 5.93. The summed E-state index contributed by atoms with van der Waals surface area (Å²) in [4.78, 5) is 24.1. The standard InChI is InChI=1S/C22H27NO3/c1-5-15(2)19-8-6-7-9-20(19)23-21(24)14-26-22(25)13-18-11-10-16(3)17(4)12-18/h6-12,15H,5,13-14H2,1-4H3,(H,23,24)/t15-/m1/s1. The van der Waals surface area contributed by atoms with E-state index in [-0.39, 0.29) is 18.9 Å². The largest absolute Gasteiger partial charge is 0.455 e. The maximum Gasteiger partial charge on any atom is 0.310 e. The normalized spacial score (nSPS) is 11.7. The van der Waals surface area contributed by atoms with Crippen LogP contribution in [-0.2, 0) is 20.7 Å². The second-order valence-electron chi connectivity index (χ2n) is 6.70. The fraction of sp³-hybridized carbons (Fsp3) is 0.364. The fourth-order valence-corrected chi connectivity index (χ4v) is 2.72. The number of amides is 1. The number of carbonyl (C=O) groups is 2. The van der Waals surface area contributed by atoms with E-state index in [2.05, 4.69) is 19.2 Å². The van der Waals surface area contributed by atoms with E-state index in [1.54, 1.807) is 0 Å². The second kappa shape index (κ2) is 9.18. The molecule has 0 aliphatic heterocycles. The van der Waals surface area contributed by atoms with E-state index < -0.39 is 5.97 Å². The summed E-state index contributed by atoms with van der Waals surface area (Å²) in [5.41, 5.74) is 5.07. The van der Waals surface area contributed by atoms with Crippen LogP contribution in [0.25, 0.3) is 0 Å². The Labute approximate surface area is 155 Å². The number of carbonyl (C=O) groups excluding carboxylic acids is 2. The number of nitrogens with one attached hydrogen (secondary N) is 1. The number of hydrogen-bond acceptors (Lipinski definition) is 3. The summed E-state index contributed by atoms with van der Waals surface area (Å²) in [7, 11) is 0. The topological polar surface area (TPSA) is 55.4 Å². The number of rotatable bonds is 7. The van der Waals surface area contributed by atoms with Gasteiger partial charge in [-0.05, 0) is 54.5 Å². The van der Waals surface area contributed by atoms with Gasteiger partial charge in [-0.3, -0.25) is 9.59 Å². The Hall–Kier alpha value is -2.62.